The number of nitrogens with two attached hydrogens (primary N) is 1. The van der Waals surface area contributed by atoms with E-state index in [2.05, 4.69) is 10.2 Å². The lowest BCUT2D eigenvalue weighted by molar-refractivity contribution is -0.134. The lowest BCUT2D eigenvalue weighted by Crippen LogP contribution is -2.61. The van der Waals surface area contributed by atoms with E-state index in [-0.39, 0.29) is 18.4 Å². The van der Waals surface area contributed by atoms with Crippen molar-refractivity contribution in [3.63, 3.8) is 0 Å². The Labute approximate surface area is 232 Å². The molecule has 0 saturated carbocycles. The molecule has 1 aromatic carbocycles. The largest absolute Gasteiger partial charge is 0.444 e. The highest BCUT2D eigenvalue weighted by atomic mass is 32.2. The van der Waals surface area contributed by atoms with Crippen molar-refractivity contribution in [1.29, 1.82) is 0 Å². The van der Waals surface area contributed by atoms with E-state index in [1.54, 1.807) is 20.8 Å². The average Bonchev–Trinajstić information content (AvgIpc) is 2.83. The number of amides is 3. The van der Waals surface area contributed by atoms with Gasteiger partial charge in [0.2, 0.25) is 21.8 Å². The van der Waals surface area contributed by atoms with Gasteiger partial charge in [-0.05, 0) is 64.2 Å². The fourth-order valence-corrected chi connectivity index (χ4v) is 6.01. The van der Waals surface area contributed by atoms with E-state index in [1.165, 1.54) is 15.5 Å². The molecule has 2 aliphatic rings. The number of rotatable bonds is 7. The normalized spacial score (nSPS) is 23.7. The molecule has 0 spiro atoms. The fraction of sp³-hybridized carbons (Fsp3) is 0.667. The minimum absolute atomic E-state index is 0.121. The molecule has 1 aromatic rings. The second-order valence-corrected chi connectivity index (χ2v) is 13.7. The van der Waals surface area contributed by atoms with Gasteiger partial charge in [-0.2, -0.15) is 4.31 Å². The quantitative estimate of drug-likeness (QED) is 0.512. The number of benzene rings is 1. The van der Waals surface area contributed by atoms with Gasteiger partial charge in [-0.1, -0.05) is 19.1 Å². The number of carbonyl (C=O) groups is 3. The number of anilines is 1. The molecule has 0 bridgehead atoms. The zero-order valence-electron chi connectivity index (χ0n) is 23.8. The zero-order valence-corrected chi connectivity index (χ0v) is 24.7. The van der Waals surface area contributed by atoms with Gasteiger partial charge in [-0.15, -0.1) is 0 Å². The molecular weight excluding hydrogens is 522 g/mol. The van der Waals surface area contributed by atoms with Crippen molar-refractivity contribution in [2.45, 2.75) is 77.6 Å². The van der Waals surface area contributed by atoms with Crippen LogP contribution in [0.2, 0.25) is 0 Å². The summed E-state index contributed by atoms with van der Waals surface area (Å²) in [5.41, 5.74) is 6.73. The molecule has 3 rings (SSSR count). The van der Waals surface area contributed by atoms with Crippen molar-refractivity contribution in [2.75, 3.05) is 37.3 Å². The Morgan fingerprint density at radius 3 is 2.15 bits per heavy atom. The molecule has 2 saturated heterocycles. The maximum Gasteiger partial charge on any atom is 0.411 e. The van der Waals surface area contributed by atoms with Crippen molar-refractivity contribution in [3.05, 3.63) is 29.8 Å². The predicted octanol–water partition coefficient (Wildman–Crippen LogP) is 1.70. The number of sulfonamides is 1. The highest BCUT2D eigenvalue weighted by Gasteiger charge is 2.43. The number of nitrogens with one attached hydrogen (secondary N) is 1. The maximum atomic E-state index is 13.5. The maximum absolute atomic E-state index is 13.5. The highest BCUT2D eigenvalue weighted by Crippen LogP contribution is 2.30. The molecule has 12 heteroatoms. The first kappa shape index (κ1) is 30.7. The van der Waals surface area contributed by atoms with E-state index in [9.17, 15) is 22.8 Å². The lowest BCUT2D eigenvalue weighted by atomic mass is 9.86. The SMILES string of the molecule is C[C@@H]1CC[C@H](C)N(C(=O)OC(C)(C)C)[C@@H]1C(=O)N[C@@H](Cc1ccc(N2CCN(S(C)(=O)=O)CC2)cc1)C(N)=O. The third kappa shape index (κ3) is 8.07. The van der Waals surface area contributed by atoms with E-state index in [0.717, 1.165) is 24.1 Å². The van der Waals surface area contributed by atoms with Gasteiger partial charge in [0.05, 0.1) is 6.26 Å². The molecule has 0 radical (unpaired) electrons. The summed E-state index contributed by atoms with van der Waals surface area (Å²) in [5.74, 6) is -1.21. The minimum atomic E-state index is -3.20. The summed E-state index contributed by atoms with van der Waals surface area (Å²) in [6, 6.07) is 5.66. The van der Waals surface area contributed by atoms with E-state index in [1.807, 2.05) is 38.1 Å². The van der Waals surface area contributed by atoms with Crippen LogP contribution < -0.4 is 16.0 Å². The van der Waals surface area contributed by atoms with Crippen LogP contribution in [0.15, 0.2) is 24.3 Å². The number of hydrogen-bond acceptors (Lipinski definition) is 7. The molecular formula is C27H43N5O6S. The van der Waals surface area contributed by atoms with Crippen LogP contribution in [0.1, 0.15) is 53.0 Å². The number of likely N-dealkylation sites (tertiary alicyclic amines) is 1. The summed E-state index contributed by atoms with van der Waals surface area (Å²) in [6.45, 7) is 11.2. The van der Waals surface area contributed by atoms with Gasteiger partial charge >= 0.3 is 6.09 Å². The van der Waals surface area contributed by atoms with Crippen molar-refractivity contribution in [1.82, 2.24) is 14.5 Å². The predicted molar refractivity (Wildman–Crippen MR) is 150 cm³/mol. The van der Waals surface area contributed by atoms with Crippen LogP contribution in [-0.4, -0.2) is 91.7 Å². The van der Waals surface area contributed by atoms with Crippen LogP contribution in [0.4, 0.5) is 10.5 Å². The minimum Gasteiger partial charge on any atom is -0.444 e. The van der Waals surface area contributed by atoms with Crippen LogP contribution in [0.25, 0.3) is 0 Å². The van der Waals surface area contributed by atoms with Gasteiger partial charge in [-0.3, -0.25) is 14.5 Å². The number of nitrogens with zero attached hydrogens (tertiary/aromatic N) is 3. The molecule has 0 unspecified atom stereocenters. The number of hydrogen-bond donors (Lipinski definition) is 2. The molecule has 39 heavy (non-hydrogen) atoms. The number of carbonyl (C=O) groups excluding carboxylic acids is 3. The van der Waals surface area contributed by atoms with Crippen LogP contribution in [0.3, 0.4) is 0 Å². The lowest BCUT2D eigenvalue weighted by Gasteiger charge is -2.43. The standard InChI is InChI=1S/C27H43N5O6S/c1-18-7-8-19(2)32(26(35)38-27(3,4)5)23(18)25(34)29-22(24(28)33)17-20-9-11-21(12-10-20)30-13-15-31(16-14-30)39(6,36)37/h9-12,18-19,22-23H,7-8,13-17H2,1-6H3,(H2,28,33)(H,29,34)/t18-,19+,22+,23+/m1/s1. The molecule has 2 fully saturated rings. The molecule has 3 amide bonds. The summed E-state index contributed by atoms with van der Waals surface area (Å²) >= 11 is 0. The number of ether oxygens (including phenoxy) is 1. The Kier molecular flexibility index (Phi) is 9.53. The topological polar surface area (TPSA) is 142 Å². The third-order valence-corrected chi connectivity index (χ3v) is 8.64. The van der Waals surface area contributed by atoms with Gasteiger partial charge in [0.15, 0.2) is 0 Å². The number of piperidine rings is 1. The van der Waals surface area contributed by atoms with Crippen molar-refractivity contribution < 1.29 is 27.5 Å². The Morgan fingerprint density at radius 2 is 1.64 bits per heavy atom. The van der Waals surface area contributed by atoms with Crippen molar-refractivity contribution in [2.24, 2.45) is 11.7 Å². The second kappa shape index (κ2) is 12.1. The van der Waals surface area contributed by atoms with Crippen molar-refractivity contribution in [3.8, 4) is 0 Å². The average molecular weight is 566 g/mol. The van der Waals surface area contributed by atoms with E-state index in [4.69, 9.17) is 10.5 Å². The van der Waals surface area contributed by atoms with Crippen LogP contribution in [0, 0.1) is 5.92 Å². The fourth-order valence-electron chi connectivity index (χ4n) is 5.18. The Balaban J connectivity index is 1.68. The molecule has 11 nitrogen and oxygen atoms in total. The first-order valence-corrected chi connectivity index (χ1v) is 15.3. The Hall–Kier alpha value is -2.86. The number of piperazine rings is 1. The first-order valence-electron chi connectivity index (χ1n) is 13.5. The van der Waals surface area contributed by atoms with E-state index >= 15 is 0 Å². The van der Waals surface area contributed by atoms with Gasteiger partial charge < -0.3 is 20.7 Å². The summed E-state index contributed by atoms with van der Waals surface area (Å²) in [4.78, 5) is 42.4. The summed E-state index contributed by atoms with van der Waals surface area (Å²) in [6.07, 6.45) is 2.38. The van der Waals surface area contributed by atoms with E-state index in [0.29, 0.717) is 26.2 Å². The Morgan fingerprint density at radius 1 is 1.05 bits per heavy atom. The monoisotopic (exact) mass is 565 g/mol. The third-order valence-electron chi connectivity index (χ3n) is 7.34. The number of primary amides is 1. The van der Waals surface area contributed by atoms with Crippen molar-refractivity contribution >= 4 is 33.6 Å². The van der Waals surface area contributed by atoms with Gasteiger partial charge in [0.25, 0.3) is 0 Å². The molecule has 4 atom stereocenters. The molecule has 218 valence electrons. The smallest absolute Gasteiger partial charge is 0.411 e. The van der Waals surface area contributed by atoms with Crippen LogP contribution in [0.5, 0.6) is 0 Å². The van der Waals surface area contributed by atoms with E-state index < -0.39 is 45.6 Å². The molecule has 2 heterocycles. The molecule has 2 aliphatic heterocycles. The summed E-state index contributed by atoms with van der Waals surface area (Å²) in [7, 11) is -3.20. The highest BCUT2D eigenvalue weighted by molar-refractivity contribution is 7.88. The van der Waals surface area contributed by atoms with Crippen LogP contribution >= 0.6 is 0 Å². The molecule has 0 aromatic heterocycles. The summed E-state index contributed by atoms with van der Waals surface area (Å²) in [5, 5.41) is 2.79. The van der Waals surface area contributed by atoms with Gasteiger partial charge in [0, 0.05) is 44.3 Å². The summed E-state index contributed by atoms with van der Waals surface area (Å²) < 4.78 is 30.6. The Bertz CT molecular complexity index is 1140. The molecule has 3 N–H and O–H groups in total. The molecule has 0 aliphatic carbocycles. The first-order chi connectivity index (χ1) is 18.1. The van der Waals surface area contributed by atoms with Crippen LogP contribution in [-0.2, 0) is 30.8 Å². The van der Waals surface area contributed by atoms with Gasteiger partial charge in [0.1, 0.15) is 17.7 Å². The van der Waals surface area contributed by atoms with Gasteiger partial charge in [-0.25, -0.2) is 13.2 Å². The second-order valence-electron chi connectivity index (χ2n) is 11.7. The zero-order chi connectivity index (χ0) is 29.1.